The van der Waals surface area contributed by atoms with Crippen molar-refractivity contribution in [1.82, 2.24) is 25.0 Å². The Morgan fingerprint density at radius 3 is 2.86 bits per heavy atom. The van der Waals surface area contributed by atoms with Gasteiger partial charge in [0.1, 0.15) is 10.3 Å². The third-order valence-corrected chi connectivity index (χ3v) is 6.58. The molecule has 0 aromatic carbocycles. The maximum atomic E-state index is 12.6. The Morgan fingerprint density at radius 2 is 2.07 bits per heavy atom. The molecule has 29 heavy (non-hydrogen) atoms. The van der Waals surface area contributed by atoms with Gasteiger partial charge < -0.3 is 14.3 Å². The molecule has 0 radical (unpaired) electrons. The van der Waals surface area contributed by atoms with E-state index in [1.54, 1.807) is 28.9 Å². The summed E-state index contributed by atoms with van der Waals surface area (Å²) in [5.41, 5.74) is 1.87. The van der Waals surface area contributed by atoms with Gasteiger partial charge in [-0.25, -0.2) is 9.97 Å². The molecule has 1 aliphatic rings. The van der Waals surface area contributed by atoms with Crippen molar-refractivity contribution in [2.45, 2.75) is 12.8 Å². The Bertz CT molecular complexity index is 1080. The van der Waals surface area contributed by atoms with Gasteiger partial charge in [-0.1, -0.05) is 16.5 Å². The molecule has 1 amide bonds. The molecular weight excluding hydrogens is 408 g/mol. The highest BCUT2D eigenvalue weighted by Gasteiger charge is 2.23. The van der Waals surface area contributed by atoms with Crippen LogP contribution in [0.4, 0.5) is 5.13 Å². The maximum absolute atomic E-state index is 12.6. The summed E-state index contributed by atoms with van der Waals surface area (Å²) in [6.45, 7) is 2.92. The van der Waals surface area contributed by atoms with E-state index in [2.05, 4.69) is 25.0 Å². The fourth-order valence-corrected chi connectivity index (χ4v) is 4.87. The van der Waals surface area contributed by atoms with E-state index >= 15 is 0 Å². The number of fused-ring (bicyclic) bond motifs is 1. The third-order valence-electron chi connectivity index (χ3n) is 4.86. The lowest BCUT2D eigenvalue weighted by Crippen LogP contribution is -2.48. The maximum Gasteiger partial charge on any atom is 0.227 e. The Hall–Kier alpha value is -2.85. The van der Waals surface area contributed by atoms with Crippen LogP contribution in [0.1, 0.15) is 12.3 Å². The molecule has 4 aromatic rings. The van der Waals surface area contributed by atoms with Gasteiger partial charge in [-0.2, -0.15) is 16.3 Å². The summed E-state index contributed by atoms with van der Waals surface area (Å²) in [5.74, 6) is 1.19. The molecule has 10 heteroatoms. The van der Waals surface area contributed by atoms with E-state index in [-0.39, 0.29) is 5.91 Å². The highest BCUT2D eigenvalue weighted by Crippen LogP contribution is 2.27. The molecule has 0 unspecified atom stereocenters. The zero-order chi connectivity index (χ0) is 19.6. The van der Waals surface area contributed by atoms with Crippen LogP contribution in [0.15, 0.2) is 39.7 Å². The van der Waals surface area contributed by atoms with Gasteiger partial charge in [-0.3, -0.25) is 4.79 Å². The van der Waals surface area contributed by atoms with Crippen molar-refractivity contribution in [3.05, 3.63) is 41.0 Å². The van der Waals surface area contributed by atoms with E-state index < -0.39 is 0 Å². The lowest BCUT2D eigenvalue weighted by Gasteiger charge is -2.34. The van der Waals surface area contributed by atoms with Gasteiger partial charge in [0.25, 0.3) is 0 Å². The molecule has 0 atom stereocenters. The standard InChI is InChI=1S/C19H18N6O2S2/c26-16(4-3-15-22-17(23-27-15)13-5-11-28-12-13)24-7-9-25(10-8-24)19-21-14-2-1-6-20-18(14)29-19/h1-2,5-6,11-12H,3-4,7-10H2. The molecular formula is C19H18N6O2S2. The molecule has 148 valence electrons. The summed E-state index contributed by atoms with van der Waals surface area (Å²) in [6, 6.07) is 5.82. The number of carbonyl (C=O) groups is 1. The number of pyridine rings is 1. The number of aromatic nitrogens is 4. The molecule has 0 saturated carbocycles. The molecule has 4 aromatic heterocycles. The van der Waals surface area contributed by atoms with Gasteiger partial charge in [0, 0.05) is 56.2 Å². The summed E-state index contributed by atoms with van der Waals surface area (Å²) >= 11 is 3.18. The van der Waals surface area contributed by atoms with Crippen molar-refractivity contribution in [2.75, 3.05) is 31.1 Å². The highest BCUT2D eigenvalue weighted by molar-refractivity contribution is 7.21. The van der Waals surface area contributed by atoms with Gasteiger partial charge in [0.15, 0.2) is 5.13 Å². The number of nitrogens with zero attached hydrogens (tertiary/aromatic N) is 6. The second-order valence-electron chi connectivity index (χ2n) is 6.72. The first kappa shape index (κ1) is 18.2. The minimum absolute atomic E-state index is 0.117. The highest BCUT2D eigenvalue weighted by atomic mass is 32.1. The third kappa shape index (κ3) is 3.85. The van der Waals surface area contributed by atoms with E-state index in [9.17, 15) is 4.79 Å². The van der Waals surface area contributed by atoms with Gasteiger partial charge in [-0.15, -0.1) is 0 Å². The SMILES string of the molecule is O=C(CCc1nc(-c2ccsc2)no1)N1CCN(c2nc3cccnc3s2)CC1. The zero-order valence-corrected chi connectivity index (χ0v) is 17.2. The Morgan fingerprint density at radius 1 is 1.17 bits per heavy atom. The number of anilines is 1. The van der Waals surface area contributed by atoms with Crippen molar-refractivity contribution in [2.24, 2.45) is 0 Å². The Kier molecular flexibility index (Phi) is 4.94. The van der Waals surface area contributed by atoms with Crippen LogP contribution >= 0.6 is 22.7 Å². The summed E-state index contributed by atoms with van der Waals surface area (Å²) in [5, 5.41) is 8.90. The van der Waals surface area contributed by atoms with Crippen LogP contribution in [-0.4, -0.2) is 57.1 Å². The molecule has 0 N–H and O–H groups in total. The second-order valence-corrected chi connectivity index (χ2v) is 8.45. The van der Waals surface area contributed by atoms with E-state index in [0.29, 0.717) is 37.6 Å². The topological polar surface area (TPSA) is 88.3 Å². The summed E-state index contributed by atoms with van der Waals surface area (Å²) < 4.78 is 5.28. The van der Waals surface area contributed by atoms with Crippen LogP contribution in [0.3, 0.4) is 0 Å². The van der Waals surface area contributed by atoms with Crippen molar-refractivity contribution >= 4 is 44.1 Å². The first-order valence-electron chi connectivity index (χ1n) is 9.36. The normalized spacial score (nSPS) is 14.6. The summed E-state index contributed by atoms with van der Waals surface area (Å²) in [4.78, 5) is 31.1. The zero-order valence-electron chi connectivity index (χ0n) is 15.5. The van der Waals surface area contributed by atoms with E-state index in [1.807, 2.05) is 33.9 Å². The van der Waals surface area contributed by atoms with Crippen LogP contribution in [0.5, 0.6) is 0 Å². The first-order chi connectivity index (χ1) is 14.3. The number of rotatable bonds is 5. The number of aryl methyl sites for hydroxylation is 1. The van der Waals surface area contributed by atoms with Crippen molar-refractivity contribution in [1.29, 1.82) is 0 Å². The van der Waals surface area contributed by atoms with E-state index in [1.165, 1.54) is 0 Å². The van der Waals surface area contributed by atoms with Gasteiger partial charge >= 0.3 is 0 Å². The lowest BCUT2D eigenvalue weighted by atomic mass is 10.2. The van der Waals surface area contributed by atoms with Crippen LogP contribution in [0, 0.1) is 0 Å². The number of hydrogen-bond acceptors (Lipinski definition) is 9. The van der Waals surface area contributed by atoms with Crippen molar-refractivity contribution < 1.29 is 9.32 Å². The fourth-order valence-electron chi connectivity index (χ4n) is 3.28. The minimum atomic E-state index is 0.117. The molecule has 1 saturated heterocycles. The average molecular weight is 427 g/mol. The Balaban J connectivity index is 1.14. The second kappa shape index (κ2) is 7.88. The molecule has 1 aliphatic heterocycles. The number of carbonyl (C=O) groups excluding carboxylic acids is 1. The Labute approximate surface area is 174 Å². The minimum Gasteiger partial charge on any atom is -0.344 e. The molecule has 1 fully saturated rings. The first-order valence-corrected chi connectivity index (χ1v) is 11.1. The number of thiophene rings is 1. The number of hydrogen-bond donors (Lipinski definition) is 0. The molecule has 0 spiro atoms. The molecule has 0 bridgehead atoms. The van der Waals surface area contributed by atoms with E-state index in [4.69, 9.17) is 4.52 Å². The smallest absolute Gasteiger partial charge is 0.227 e. The average Bonchev–Trinajstić information content (AvgIpc) is 3.52. The lowest BCUT2D eigenvalue weighted by molar-refractivity contribution is -0.131. The van der Waals surface area contributed by atoms with E-state index in [0.717, 1.165) is 34.1 Å². The van der Waals surface area contributed by atoms with Crippen LogP contribution < -0.4 is 4.90 Å². The molecule has 0 aliphatic carbocycles. The van der Waals surface area contributed by atoms with Crippen molar-refractivity contribution in [3.8, 4) is 11.4 Å². The number of thiazole rings is 1. The van der Waals surface area contributed by atoms with Gasteiger partial charge in [0.05, 0.1) is 0 Å². The number of piperazine rings is 1. The largest absolute Gasteiger partial charge is 0.344 e. The quantitative estimate of drug-likeness (QED) is 0.484. The van der Waals surface area contributed by atoms with Crippen LogP contribution in [-0.2, 0) is 11.2 Å². The molecule has 5 rings (SSSR count). The summed E-state index contributed by atoms with van der Waals surface area (Å²) in [6.07, 6.45) is 2.61. The van der Waals surface area contributed by atoms with Gasteiger partial charge in [-0.05, 0) is 23.6 Å². The van der Waals surface area contributed by atoms with Crippen LogP contribution in [0.25, 0.3) is 21.7 Å². The fraction of sp³-hybridized carbons (Fsp3) is 0.316. The van der Waals surface area contributed by atoms with Crippen LogP contribution in [0.2, 0.25) is 0 Å². The molecule has 8 nitrogen and oxygen atoms in total. The van der Waals surface area contributed by atoms with Gasteiger partial charge in [0.2, 0.25) is 17.6 Å². The number of amides is 1. The molecule has 5 heterocycles. The monoisotopic (exact) mass is 426 g/mol. The summed E-state index contributed by atoms with van der Waals surface area (Å²) in [7, 11) is 0. The van der Waals surface area contributed by atoms with Crippen molar-refractivity contribution in [3.63, 3.8) is 0 Å². The predicted molar refractivity (Wildman–Crippen MR) is 112 cm³/mol. The predicted octanol–water partition coefficient (Wildman–Crippen LogP) is 3.08.